The summed E-state index contributed by atoms with van der Waals surface area (Å²) < 4.78 is 5.34. The first-order valence-corrected chi connectivity index (χ1v) is 4.76. The van der Waals surface area contributed by atoms with Gasteiger partial charge in [-0.15, -0.1) is 0 Å². The zero-order valence-electron chi connectivity index (χ0n) is 8.74. The van der Waals surface area contributed by atoms with Gasteiger partial charge in [-0.25, -0.2) is 9.97 Å². The Morgan fingerprint density at radius 3 is 2.80 bits per heavy atom. The van der Waals surface area contributed by atoms with E-state index in [2.05, 4.69) is 20.3 Å². The quantitative estimate of drug-likeness (QED) is 0.766. The van der Waals surface area contributed by atoms with Crippen LogP contribution >= 0.6 is 0 Å². The van der Waals surface area contributed by atoms with Gasteiger partial charge in [0, 0.05) is 20.0 Å². The second-order valence-electron chi connectivity index (χ2n) is 3.22. The van der Waals surface area contributed by atoms with Crippen LogP contribution in [0, 0.1) is 13.8 Å². The molecular formula is C9H13N5O. The van der Waals surface area contributed by atoms with Gasteiger partial charge in [0.1, 0.15) is 5.82 Å². The highest BCUT2D eigenvalue weighted by Crippen LogP contribution is 2.19. The van der Waals surface area contributed by atoms with Gasteiger partial charge in [-0.05, 0) is 6.92 Å². The number of nitrogens with zero attached hydrogens (tertiary/aromatic N) is 3. The molecule has 0 saturated heterocycles. The summed E-state index contributed by atoms with van der Waals surface area (Å²) in [5.74, 6) is 1.92. The van der Waals surface area contributed by atoms with Crippen LogP contribution in [0.3, 0.4) is 0 Å². The molecule has 0 spiro atoms. The van der Waals surface area contributed by atoms with Crippen molar-refractivity contribution in [1.82, 2.24) is 15.0 Å². The molecule has 2 rings (SSSR count). The van der Waals surface area contributed by atoms with Crippen molar-refractivity contribution >= 4 is 17.0 Å². The first-order chi connectivity index (χ1) is 7.20. The van der Waals surface area contributed by atoms with Crippen molar-refractivity contribution in [2.45, 2.75) is 13.8 Å². The minimum atomic E-state index is 0.513. The summed E-state index contributed by atoms with van der Waals surface area (Å²) in [5.41, 5.74) is 6.59. The van der Waals surface area contributed by atoms with Gasteiger partial charge in [0.25, 0.3) is 5.71 Å². The fourth-order valence-corrected chi connectivity index (χ4v) is 1.35. The summed E-state index contributed by atoms with van der Waals surface area (Å²) in [6, 6.07) is 0. The van der Waals surface area contributed by atoms with Crippen molar-refractivity contribution in [2.24, 2.45) is 5.73 Å². The molecule has 0 amide bonds. The number of fused-ring (bicyclic) bond motifs is 1. The monoisotopic (exact) mass is 207 g/mol. The number of hydrogen-bond donors (Lipinski definition) is 2. The van der Waals surface area contributed by atoms with E-state index in [9.17, 15) is 0 Å². The van der Waals surface area contributed by atoms with Gasteiger partial charge < -0.3 is 15.5 Å². The van der Waals surface area contributed by atoms with Crippen molar-refractivity contribution < 1.29 is 4.42 Å². The second-order valence-corrected chi connectivity index (χ2v) is 3.22. The molecule has 0 aromatic carbocycles. The average molecular weight is 207 g/mol. The average Bonchev–Trinajstić information content (AvgIpc) is 2.54. The van der Waals surface area contributed by atoms with Crippen LogP contribution in [-0.4, -0.2) is 28.0 Å². The molecule has 0 aliphatic heterocycles. The molecule has 6 heteroatoms. The van der Waals surface area contributed by atoms with Gasteiger partial charge in [0.2, 0.25) is 0 Å². The topological polar surface area (TPSA) is 89.9 Å². The molecule has 0 aliphatic carbocycles. The molecule has 3 N–H and O–H groups in total. The van der Waals surface area contributed by atoms with Crippen molar-refractivity contribution in [3.8, 4) is 0 Å². The Balaban J connectivity index is 2.50. The van der Waals surface area contributed by atoms with Crippen molar-refractivity contribution in [3.05, 3.63) is 11.7 Å². The van der Waals surface area contributed by atoms with Crippen LogP contribution in [0.15, 0.2) is 4.42 Å². The highest BCUT2D eigenvalue weighted by atomic mass is 16.4. The Morgan fingerprint density at radius 1 is 1.27 bits per heavy atom. The zero-order chi connectivity index (χ0) is 10.8. The first-order valence-electron chi connectivity index (χ1n) is 4.76. The Hall–Kier alpha value is -1.69. The van der Waals surface area contributed by atoms with Gasteiger partial charge in [-0.1, -0.05) is 0 Å². The van der Waals surface area contributed by atoms with E-state index < -0.39 is 0 Å². The standard InChI is InChI=1S/C9H13N5O/c1-5-12-8(11-4-3-10)7-9(13-5)15-6(2)14-7/h3-4,10H2,1-2H3,(H,11,12,13). The number of oxazole rings is 1. The number of anilines is 1. The number of aryl methyl sites for hydroxylation is 2. The third-order valence-electron chi connectivity index (χ3n) is 1.91. The number of nitrogens with one attached hydrogen (secondary N) is 1. The van der Waals surface area contributed by atoms with Crippen LogP contribution < -0.4 is 11.1 Å². The van der Waals surface area contributed by atoms with E-state index in [1.807, 2.05) is 6.92 Å². The highest BCUT2D eigenvalue weighted by molar-refractivity contribution is 5.81. The predicted molar refractivity (Wildman–Crippen MR) is 56.6 cm³/mol. The predicted octanol–water partition coefficient (Wildman–Crippen LogP) is 0.605. The lowest BCUT2D eigenvalue weighted by atomic mass is 10.4. The molecule has 0 unspecified atom stereocenters. The third-order valence-corrected chi connectivity index (χ3v) is 1.91. The smallest absolute Gasteiger partial charge is 0.252 e. The maximum atomic E-state index is 5.41. The van der Waals surface area contributed by atoms with Gasteiger partial charge in [0.05, 0.1) is 0 Å². The SMILES string of the molecule is Cc1nc(NCCN)c2nc(C)oc2n1. The van der Waals surface area contributed by atoms with Crippen molar-refractivity contribution in [2.75, 3.05) is 18.4 Å². The molecule has 2 aromatic rings. The van der Waals surface area contributed by atoms with Crippen LogP contribution in [0.5, 0.6) is 0 Å². The molecule has 2 heterocycles. The highest BCUT2D eigenvalue weighted by Gasteiger charge is 2.10. The van der Waals surface area contributed by atoms with Crippen LogP contribution in [0.4, 0.5) is 5.82 Å². The fourth-order valence-electron chi connectivity index (χ4n) is 1.35. The van der Waals surface area contributed by atoms with Crippen LogP contribution in [-0.2, 0) is 0 Å². The summed E-state index contributed by atoms with van der Waals surface area (Å²) in [4.78, 5) is 12.6. The maximum Gasteiger partial charge on any atom is 0.252 e. The minimum absolute atomic E-state index is 0.513. The Bertz CT molecular complexity index is 479. The normalized spacial score (nSPS) is 10.9. The first kappa shape index (κ1) is 9.85. The number of aromatic nitrogens is 3. The lowest BCUT2D eigenvalue weighted by molar-refractivity contribution is 0.550. The Labute approximate surface area is 86.9 Å². The van der Waals surface area contributed by atoms with Gasteiger partial charge >= 0.3 is 0 Å². The molecular weight excluding hydrogens is 194 g/mol. The summed E-state index contributed by atoms with van der Waals surface area (Å²) >= 11 is 0. The molecule has 80 valence electrons. The molecule has 6 nitrogen and oxygen atoms in total. The van der Waals surface area contributed by atoms with E-state index in [0.717, 1.165) is 0 Å². The largest absolute Gasteiger partial charge is 0.422 e. The zero-order valence-corrected chi connectivity index (χ0v) is 8.74. The van der Waals surface area contributed by atoms with E-state index >= 15 is 0 Å². The van der Waals surface area contributed by atoms with Crippen LogP contribution in [0.2, 0.25) is 0 Å². The molecule has 0 radical (unpaired) electrons. The van der Waals surface area contributed by atoms with Gasteiger partial charge in [0.15, 0.2) is 17.2 Å². The van der Waals surface area contributed by atoms with E-state index in [4.69, 9.17) is 10.2 Å². The van der Waals surface area contributed by atoms with E-state index in [1.54, 1.807) is 6.92 Å². The number of nitrogens with two attached hydrogens (primary N) is 1. The lowest BCUT2D eigenvalue weighted by Gasteiger charge is -2.03. The van der Waals surface area contributed by atoms with Crippen molar-refractivity contribution in [3.63, 3.8) is 0 Å². The molecule has 2 aromatic heterocycles. The second kappa shape index (κ2) is 3.82. The van der Waals surface area contributed by atoms with Crippen LogP contribution in [0.25, 0.3) is 11.2 Å². The third kappa shape index (κ3) is 1.89. The molecule has 0 fully saturated rings. The Morgan fingerprint density at radius 2 is 2.07 bits per heavy atom. The number of rotatable bonds is 3. The summed E-state index contributed by atoms with van der Waals surface area (Å²) in [7, 11) is 0. The molecule has 0 bridgehead atoms. The fraction of sp³-hybridized carbons (Fsp3) is 0.444. The van der Waals surface area contributed by atoms with E-state index in [1.165, 1.54) is 0 Å². The van der Waals surface area contributed by atoms with Gasteiger partial charge in [-0.3, -0.25) is 0 Å². The summed E-state index contributed by atoms with van der Waals surface area (Å²) in [6.07, 6.45) is 0. The molecule has 0 saturated carbocycles. The van der Waals surface area contributed by atoms with E-state index in [0.29, 0.717) is 41.9 Å². The minimum Gasteiger partial charge on any atom is -0.422 e. The molecule has 0 atom stereocenters. The summed E-state index contributed by atoms with van der Waals surface area (Å²) in [6.45, 7) is 4.79. The van der Waals surface area contributed by atoms with Crippen LogP contribution in [0.1, 0.15) is 11.7 Å². The maximum absolute atomic E-state index is 5.41. The van der Waals surface area contributed by atoms with Gasteiger partial charge in [-0.2, -0.15) is 4.98 Å². The number of hydrogen-bond acceptors (Lipinski definition) is 6. The Kier molecular flexibility index (Phi) is 2.51. The lowest BCUT2D eigenvalue weighted by Crippen LogP contribution is -2.14. The molecule has 15 heavy (non-hydrogen) atoms. The van der Waals surface area contributed by atoms with Crippen molar-refractivity contribution in [1.29, 1.82) is 0 Å². The molecule has 0 aliphatic rings. The summed E-state index contributed by atoms with van der Waals surface area (Å²) in [5, 5.41) is 3.09. The van der Waals surface area contributed by atoms with E-state index in [-0.39, 0.29) is 0 Å².